The molecule has 0 aliphatic heterocycles. The van der Waals surface area contributed by atoms with Crippen LogP contribution >= 0.6 is 0 Å². The predicted octanol–water partition coefficient (Wildman–Crippen LogP) is 4.26. The molecule has 2 aromatic carbocycles. The van der Waals surface area contributed by atoms with Crippen LogP contribution in [0, 0.1) is 0 Å². The summed E-state index contributed by atoms with van der Waals surface area (Å²) in [6.45, 7) is 5.72. The number of hydrogen-bond acceptors (Lipinski definition) is 6. The van der Waals surface area contributed by atoms with Gasteiger partial charge in [0.1, 0.15) is 5.75 Å². The van der Waals surface area contributed by atoms with E-state index in [2.05, 4.69) is 5.32 Å². The SMILES string of the molecule is CC[C@@H](C)N(Cc1ccc(OC)c(OS(=O)(=O)CC)c1)C(=O)Nc1ccc(OC)cc1. The molecule has 0 aliphatic rings. The molecular weight excluding hydrogens is 420 g/mol. The molecule has 2 aromatic rings. The van der Waals surface area contributed by atoms with E-state index in [4.69, 9.17) is 13.7 Å². The van der Waals surface area contributed by atoms with E-state index in [1.54, 1.807) is 54.5 Å². The number of benzene rings is 2. The van der Waals surface area contributed by atoms with Gasteiger partial charge in [0, 0.05) is 18.3 Å². The molecule has 1 atom stereocenters. The lowest BCUT2D eigenvalue weighted by Gasteiger charge is -2.29. The number of methoxy groups -OCH3 is 2. The smallest absolute Gasteiger partial charge is 0.322 e. The van der Waals surface area contributed by atoms with E-state index in [1.807, 2.05) is 13.8 Å². The monoisotopic (exact) mass is 450 g/mol. The Morgan fingerprint density at radius 3 is 2.26 bits per heavy atom. The predicted molar refractivity (Wildman–Crippen MR) is 120 cm³/mol. The van der Waals surface area contributed by atoms with Crippen LogP contribution in [-0.4, -0.2) is 45.4 Å². The molecule has 0 radical (unpaired) electrons. The van der Waals surface area contributed by atoms with Crippen LogP contribution in [0.25, 0.3) is 0 Å². The van der Waals surface area contributed by atoms with Crippen molar-refractivity contribution in [3.05, 3.63) is 48.0 Å². The van der Waals surface area contributed by atoms with Crippen LogP contribution in [0.4, 0.5) is 10.5 Å². The largest absolute Gasteiger partial charge is 0.497 e. The highest BCUT2D eigenvalue weighted by Gasteiger charge is 2.21. The summed E-state index contributed by atoms with van der Waals surface area (Å²) >= 11 is 0. The lowest BCUT2D eigenvalue weighted by molar-refractivity contribution is 0.187. The molecule has 0 saturated carbocycles. The normalized spacial score (nSPS) is 12.0. The van der Waals surface area contributed by atoms with E-state index < -0.39 is 10.1 Å². The number of carbonyl (C=O) groups is 1. The standard InChI is InChI=1S/C22H30N2O6S/c1-6-16(3)24(22(25)23-18-9-11-19(28-4)12-10-18)15-17-8-13-20(29-5)21(14-17)30-31(26,27)7-2/h8-14,16H,6-7,15H2,1-5H3,(H,23,25)/t16-/m1/s1. The van der Waals surface area contributed by atoms with Crippen molar-refractivity contribution in [2.45, 2.75) is 39.8 Å². The van der Waals surface area contributed by atoms with Gasteiger partial charge < -0.3 is 23.9 Å². The topological polar surface area (TPSA) is 94.2 Å². The lowest BCUT2D eigenvalue weighted by atomic mass is 10.1. The molecule has 8 nitrogen and oxygen atoms in total. The van der Waals surface area contributed by atoms with Crippen molar-refractivity contribution >= 4 is 21.8 Å². The fraction of sp³-hybridized carbons (Fsp3) is 0.409. The lowest BCUT2D eigenvalue weighted by Crippen LogP contribution is -2.40. The van der Waals surface area contributed by atoms with Crippen molar-refractivity contribution in [1.29, 1.82) is 0 Å². The van der Waals surface area contributed by atoms with Crippen molar-refractivity contribution in [1.82, 2.24) is 4.90 Å². The van der Waals surface area contributed by atoms with Crippen molar-refractivity contribution in [2.24, 2.45) is 0 Å². The Morgan fingerprint density at radius 1 is 1.03 bits per heavy atom. The summed E-state index contributed by atoms with van der Waals surface area (Å²) in [5.74, 6) is 0.938. The Labute approximate surface area is 184 Å². The number of amides is 2. The minimum Gasteiger partial charge on any atom is -0.497 e. The maximum absolute atomic E-state index is 13.0. The van der Waals surface area contributed by atoms with Gasteiger partial charge in [0.15, 0.2) is 11.5 Å². The maximum atomic E-state index is 13.0. The van der Waals surface area contributed by atoms with Gasteiger partial charge in [0.05, 0.1) is 20.0 Å². The first-order valence-corrected chi connectivity index (χ1v) is 11.6. The van der Waals surface area contributed by atoms with Crippen LogP contribution in [0.2, 0.25) is 0 Å². The summed E-state index contributed by atoms with van der Waals surface area (Å²) in [5.41, 5.74) is 1.36. The van der Waals surface area contributed by atoms with Gasteiger partial charge in [-0.25, -0.2) is 4.79 Å². The third-order valence-electron chi connectivity index (χ3n) is 4.88. The van der Waals surface area contributed by atoms with Crippen molar-refractivity contribution < 1.29 is 26.9 Å². The number of nitrogens with zero attached hydrogens (tertiary/aromatic N) is 1. The van der Waals surface area contributed by atoms with Crippen LogP contribution in [-0.2, 0) is 16.7 Å². The van der Waals surface area contributed by atoms with Gasteiger partial charge in [-0.2, -0.15) is 8.42 Å². The van der Waals surface area contributed by atoms with Gasteiger partial charge >= 0.3 is 16.1 Å². The second-order valence-corrected chi connectivity index (χ2v) is 8.82. The molecule has 170 valence electrons. The number of ether oxygens (including phenoxy) is 2. The van der Waals surface area contributed by atoms with Gasteiger partial charge in [-0.05, 0) is 62.2 Å². The molecule has 31 heavy (non-hydrogen) atoms. The Hall–Kier alpha value is -2.94. The summed E-state index contributed by atoms with van der Waals surface area (Å²) in [6.07, 6.45) is 0.750. The first-order valence-electron chi connectivity index (χ1n) is 10.0. The Balaban J connectivity index is 2.25. The highest BCUT2D eigenvalue weighted by Crippen LogP contribution is 2.30. The second kappa shape index (κ2) is 10.9. The molecule has 2 amide bonds. The molecular formula is C22H30N2O6S. The number of nitrogens with one attached hydrogen (secondary N) is 1. The van der Waals surface area contributed by atoms with Crippen LogP contribution < -0.4 is 19.0 Å². The molecule has 9 heteroatoms. The number of hydrogen-bond donors (Lipinski definition) is 1. The Bertz CT molecular complexity index is 976. The zero-order chi connectivity index (χ0) is 23.0. The van der Waals surface area contributed by atoms with Gasteiger partial charge in [-0.1, -0.05) is 13.0 Å². The molecule has 0 unspecified atom stereocenters. The minimum atomic E-state index is -3.72. The zero-order valence-corrected chi connectivity index (χ0v) is 19.4. The van der Waals surface area contributed by atoms with Crippen molar-refractivity contribution in [2.75, 3.05) is 25.3 Å². The summed E-state index contributed by atoms with van der Waals surface area (Å²) < 4.78 is 39.4. The van der Waals surface area contributed by atoms with Crippen LogP contribution in [0.3, 0.4) is 0 Å². The summed E-state index contributed by atoms with van der Waals surface area (Å²) in [6, 6.07) is 11.7. The molecule has 0 spiro atoms. The molecule has 1 N–H and O–H groups in total. The van der Waals surface area contributed by atoms with Gasteiger partial charge in [0.2, 0.25) is 0 Å². The third kappa shape index (κ3) is 6.78. The fourth-order valence-corrected chi connectivity index (χ4v) is 3.32. The van der Waals surface area contributed by atoms with Crippen LogP contribution in [0.1, 0.15) is 32.8 Å². The molecule has 0 heterocycles. The quantitative estimate of drug-likeness (QED) is 0.544. The van der Waals surface area contributed by atoms with E-state index in [-0.39, 0.29) is 30.1 Å². The number of urea groups is 1. The third-order valence-corrected chi connectivity index (χ3v) is 6.02. The highest BCUT2D eigenvalue weighted by atomic mass is 32.2. The number of carbonyl (C=O) groups excluding carboxylic acids is 1. The summed E-state index contributed by atoms with van der Waals surface area (Å²) in [5, 5.41) is 2.89. The fourth-order valence-electron chi connectivity index (χ4n) is 2.79. The average Bonchev–Trinajstić information content (AvgIpc) is 2.77. The van der Waals surface area contributed by atoms with Crippen molar-refractivity contribution in [3.8, 4) is 17.2 Å². The first-order chi connectivity index (χ1) is 14.7. The van der Waals surface area contributed by atoms with Gasteiger partial charge in [0.25, 0.3) is 0 Å². The Morgan fingerprint density at radius 2 is 1.71 bits per heavy atom. The molecule has 0 fully saturated rings. The molecule has 0 aliphatic carbocycles. The Kier molecular flexibility index (Phi) is 8.56. The van der Waals surface area contributed by atoms with Gasteiger partial charge in [-0.3, -0.25) is 0 Å². The molecule has 2 rings (SSSR count). The van der Waals surface area contributed by atoms with E-state index in [0.29, 0.717) is 22.7 Å². The molecule has 0 aromatic heterocycles. The van der Waals surface area contributed by atoms with Gasteiger partial charge in [-0.15, -0.1) is 0 Å². The van der Waals surface area contributed by atoms with E-state index >= 15 is 0 Å². The maximum Gasteiger partial charge on any atom is 0.322 e. The second-order valence-electron chi connectivity index (χ2n) is 6.96. The van der Waals surface area contributed by atoms with E-state index in [0.717, 1.165) is 6.42 Å². The summed E-state index contributed by atoms with van der Waals surface area (Å²) in [4.78, 5) is 14.7. The molecule has 0 bridgehead atoms. The van der Waals surface area contributed by atoms with Crippen LogP contribution in [0.15, 0.2) is 42.5 Å². The summed E-state index contributed by atoms with van der Waals surface area (Å²) in [7, 11) is -0.698. The zero-order valence-electron chi connectivity index (χ0n) is 18.5. The minimum absolute atomic E-state index is 0.0518. The van der Waals surface area contributed by atoms with Crippen molar-refractivity contribution in [3.63, 3.8) is 0 Å². The van der Waals surface area contributed by atoms with E-state index in [9.17, 15) is 13.2 Å². The van der Waals surface area contributed by atoms with E-state index in [1.165, 1.54) is 14.0 Å². The average molecular weight is 451 g/mol. The molecule has 0 saturated heterocycles. The number of rotatable bonds is 10. The number of anilines is 1. The van der Waals surface area contributed by atoms with Crippen LogP contribution in [0.5, 0.6) is 17.2 Å². The first kappa shape index (κ1) is 24.3. The highest BCUT2D eigenvalue weighted by molar-refractivity contribution is 7.87.